The summed E-state index contributed by atoms with van der Waals surface area (Å²) >= 11 is 12.3. The highest BCUT2D eigenvalue weighted by Gasteiger charge is 2.17. The van der Waals surface area contributed by atoms with Gasteiger partial charge in [0.2, 0.25) is 0 Å². The number of carbonyl (C=O) groups excluding carboxylic acids is 1. The maximum atomic E-state index is 11.8. The molecule has 4 rings (SSSR count). The first-order valence-electron chi connectivity index (χ1n) is 12.4. The van der Waals surface area contributed by atoms with Crippen LogP contribution >= 0.6 is 23.2 Å². The normalized spacial score (nSPS) is 11.8. The van der Waals surface area contributed by atoms with Crippen molar-refractivity contribution in [1.29, 1.82) is 0 Å². The van der Waals surface area contributed by atoms with Crippen LogP contribution < -0.4 is 15.2 Å². The number of ether oxygens (including phenoxy) is 2. The Labute approximate surface area is 233 Å². The molecule has 7 heteroatoms. The Kier molecular flexibility index (Phi) is 9.79. The molecule has 0 unspecified atom stereocenters. The number of hydrogen-bond donors (Lipinski definition) is 1. The Morgan fingerprint density at radius 1 is 0.763 bits per heavy atom. The summed E-state index contributed by atoms with van der Waals surface area (Å²) in [6.07, 6.45) is 0.532. The van der Waals surface area contributed by atoms with Crippen LogP contribution in [0.4, 0.5) is 0 Å². The van der Waals surface area contributed by atoms with Crippen molar-refractivity contribution in [2.75, 3.05) is 6.54 Å². The molecule has 196 valence electrons. The smallest absolute Gasteiger partial charge is 0.146 e. The van der Waals surface area contributed by atoms with E-state index in [1.54, 1.807) is 12.1 Å². The second-order valence-electron chi connectivity index (χ2n) is 9.05. The van der Waals surface area contributed by atoms with Crippen LogP contribution in [0.25, 0.3) is 0 Å². The predicted octanol–water partition coefficient (Wildman–Crippen LogP) is 7.89. The predicted molar refractivity (Wildman–Crippen MR) is 153 cm³/mol. The Bertz CT molecular complexity index is 1290. The van der Waals surface area contributed by atoms with Gasteiger partial charge >= 0.3 is 0 Å². The molecule has 0 bridgehead atoms. The van der Waals surface area contributed by atoms with Crippen molar-refractivity contribution in [3.05, 3.63) is 118 Å². The number of Topliss-reactive ketones (excluding diaryl/α,β-unsaturated/α-hetero) is 1. The van der Waals surface area contributed by atoms with Gasteiger partial charge in [-0.15, -0.1) is 0 Å². The number of halogens is 2. The molecule has 0 aliphatic heterocycles. The first kappa shape index (κ1) is 27.7. The largest absolute Gasteiger partial charge is 0.457 e. The molecule has 2 N–H and O–H groups in total. The Morgan fingerprint density at radius 2 is 1.24 bits per heavy atom. The molecule has 0 amide bonds. The van der Waals surface area contributed by atoms with Crippen molar-refractivity contribution < 1.29 is 14.3 Å². The standard InChI is InChI=1S/C31H30Cl2N2O3/c1-22(36)29(34)16-17-35(20-23-8-2-4-14-30(23)37-27-12-6-10-25(32)18-27)21-24-9-3-5-15-31(24)38-28-13-7-11-26(33)19-28/h2-15,18-19,29H,16-17,20-21,34H2,1H3/t29-/m0/s1. The lowest BCUT2D eigenvalue weighted by molar-refractivity contribution is -0.118. The number of nitrogens with two attached hydrogens (primary N) is 1. The van der Waals surface area contributed by atoms with Gasteiger partial charge in [-0.1, -0.05) is 71.7 Å². The van der Waals surface area contributed by atoms with E-state index in [4.69, 9.17) is 38.4 Å². The van der Waals surface area contributed by atoms with Crippen molar-refractivity contribution in [3.63, 3.8) is 0 Å². The van der Waals surface area contributed by atoms with E-state index in [-0.39, 0.29) is 5.78 Å². The second-order valence-corrected chi connectivity index (χ2v) is 9.92. The molecule has 0 fully saturated rings. The molecule has 5 nitrogen and oxygen atoms in total. The number of carbonyl (C=O) groups is 1. The summed E-state index contributed by atoms with van der Waals surface area (Å²) in [6.45, 7) is 3.29. The topological polar surface area (TPSA) is 64.8 Å². The molecule has 0 spiro atoms. The number of hydrogen-bond acceptors (Lipinski definition) is 5. The van der Waals surface area contributed by atoms with Gasteiger partial charge in [0.05, 0.1) is 6.04 Å². The molecule has 0 heterocycles. The van der Waals surface area contributed by atoms with E-state index < -0.39 is 6.04 Å². The van der Waals surface area contributed by atoms with Crippen LogP contribution in [0.3, 0.4) is 0 Å². The molecule has 4 aromatic rings. The molecule has 4 aromatic carbocycles. The highest BCUT2D eigenvalue weighted by molar-refractivity contribution is 6.31. The number of nitrogens with zero attached hydrogens (tertiary/aromatic N) is 1. The van der Waals surface area contributed by atoms with E-state index in [0.717, 1.165) is 22.6 Å². The van der Waals surface area contributed by atoms with E-state index in [0.29, 0.717) is 47.6 Å². The molecule has 0 aliphatic rings. The lowest BCUT2D eigenvalue weighted by Crippen LogP contribution is -2.34. The quantitative estimate of drug-likeness (QED) is 0.195. The number of rotatable bonds is 12. The van der Waals surface area contributed by atoms with E-state index in [1.807, 2.05) is 84.9 Å². The molecule has 0 aliphatic carbocycles. The maximum Gasteiger partial charge on any atom is 0.146 e. The Hall–Kier alpha value is -3.35. The van der Waals surface area contributed by atoms with Gasteiger partial charge in [0, 0.05) is 40.8 Å². The minimum atomic E-state index is -0.520. The number of ketones is 1. The summed E-state index contributed by atoms with van der Waals surface area (Å²) in [5.41, 5.74) is 8.09. The van der Waals surface area contributed by atoms with Crippen molar-refractivity contribution in [3.8, 4) is 23.0 Å². The van der Waals surface area contributed by atoms with Gasteiger partial charge in [0.15, 0.2) is 0 Å². The van der Waals surface area contributed by atoms with Gasteiger partial charge in [-0.05, 0) is 61.9 Å². The van der Waals surface area contributed by atoms with Gasteiger partial charge in [0.25, 0.3) is 0 Å². The fourth-order valence-electron chi connectivity index (χ4n) is 4.00. The maximum absolute atomic E-state index is 11.8. The zero-order chi connectivity index (χ0) is 26.9. The summed E-state index contributed by atoms with van der Waals surface area (Å²) in [5, 5.41) is 1.22. The highest BCUT2D eigenvalue weighted by Crippen LogP contribution is 2.31. The summed E-state index contributed by atoms with van der Waals surface area (Å²) in [5.74, 6) is 2.77. The van der Waals surface area contributed by atoms with E-state index in [9.17, 15) is 4.79 Å². The van der Waals surface area contributed by atoms with Gasteiger partial charge in [-0.3, -0.25) is 9.69 Å². The SMILES string of the molecule is CC(=O)[C@@H](N)CCN(Cc1ccccc1Oc1cccc(Cl)c1)Cc1ccccc1Oc1cccc(Cl)c1. The van der Waals surface area contributed by atoms with Crippen LogP contribution in [0, 0.1) is 0 Å². The molecular formula is C31H30Cl2N2O3. The van der Waals surface area contributed by atoms with Gasteiger partial charge < -0.3 is 15.2 Å². The average molecular weight is 549 g/mol. The fraction of sp³-hybridized carbons (Fsp3) is 0.194. The third-order valence-electron chi connectivity index (χ3n) is 6.06. The Morgan fingerprint density at radius 3 is 1.68 bits per heavy atom. The molecule has 1 atom stereocenters. The monoisotopic (exact) mass is 548 g/mol. The molecule has 0 saturated heterocycles. The fourth-order valence-corrected chi connectivity index (χ4v) is 4.36. The van der Waals surface area contributed by atoms with E-state index >= 15 is 0 Å². The summed E-state index contributed by atoms with van der Waals surface area (Å²) in [7, 11) is 0. The van der Waals surface area contributed by atoms with Crippen LogP contribution in [-0.2, 0) is 17.9 Å². The highest BCUT2D eigenvalue weighted by atomic mass is 35.5. The summed E-state index contributed by atoms with van der Waals surface area (Å²) in [6, 6.07) is 29.9. The van der Waals surface area contributed by atoms with Crippen molar-refractivity contribution in [2.24, 2.45) is 5.73 Å². The van der Waals surface area contributed by atoms with E-state index in [1.165, 1.54) is 6.92 Å². The first-order valence-corrected chi connectivity index (χ1v) is 13.1. The van der Waals surface area contributed by atoms with Gasteiger partial charge in [-0.2, -0.15) is 0 Å². The van der Waals surface area contributed by atoms with Crippen LogP contribution in [-0.4, -0.2) is 23.3 Å². The average Bonchev–Trinajstić information content (AvgIpc) is 2.89. The van der Waals surface area contributed by atoms with E-state index in [2.05, 4.69) is 4.90 Å². The summed E-state index contributed by atoms with van der Waals surface area (Å²) < 4.78 is 12.4. The number of para-hydroxylation sites is 2. The summed E-state index contributed by atoms with van der Waals surface area (Å²) in [4.78, 5) is 14.1. The zero-order valence-corrected chi connectivity index (χ0v) is 22.7. The minimum Gasteiger partial charge on any atom is -0.457 e. The van der Waals surface area contributed by atoms with Crippen LogP contribution in [0.5, 0.6) is 23.0 Å². The molecular weight excluding hydrogens is 519 g/mol. The van der Waals surface area contributed by atoms with Crippen molar-refractivity contribution in [1.82, 2.24) is 4.90 Å². The lowest BCUT2D eigenvalue weighted by Gasteiger charge is -2.25. The number of benzene rings is 4. The van der Waals surface area contributed by atoms with Crippen LogP contribution in [0.1, 0.15) is 24.5 Å². The first-order chi connectivity index (χ1) is 18.4. The zero-order valence-electron chi connectivity index (χ0n) is 21.1. The third kappa shape index (κ3) is 8.07. The van der Waals surface area contributed by atoms with Crippen LogP contribution in [0.15, 0.2) is 97.1 Å². The van der Waals surface area contributed by atoms with Crippen molar-refractivity contribution in [2.45, 2.75) is 32.5 Å². The lowest BCUT2D eigenvalue weighted by atomic mass is 10.1. The molecule has 0 saturated carbocycles. The Balaban J connectivity index is 1.58. The molecule has 0 radical (unpaired) electrons. The third-order valence-corrected chi connectivity index (χ3v) is 6.53. The second kappa shape index (κ2) is 13.4. The van der Waals surface area contributed by atoms with Crippen molar-refractivity contribution >= 4 is 29.0 Å². The molecule has 0 aromatic heterocycles. The van der Waals surface area contributed by atoms with Gasteiger partial charge in [0.1, 0.15) is 28.8 Å². The molecule has 38 heavy (non-hydrogen) atoms. The van der Waals surface area contributed by atoms with Crippen LogP contribution in [0.2, 0.25) is 10.0 Å². The van der Waals surface area contributed by atoms with Gasteiger partial charge in [-0.25, -0.2) is 0 Å². The minimum absolute atomic E-state index is 0.0284.